The first-order valence-electron chi connectivity index (χ1n) is 7.98. The highest BCUT2D eigenvalue weighted by atomic mass is 19.4. The minimum absolute atomic E-state index is 0.201. The summed E-state index contributed by atoms with van der Waals surface area (Å²) in [6.45, 7) is 0.193. The van der Waals surface area contributed by atoms with Gasteiger partial charge in [-0.05, 0) is 25.1 Å². The molecule has 0 saturated carbocycles. The van der Waals surface area contributed by atoms with Gasteiger partial charge in [0.05, 0.1) is 21.0 Å². The van der Waals surface area contributed by atoms with Crippen LogP contribution >= 0.6 is 0 Å². The molecule has 2 aromatic carbocycles. The first kappa shape index (κ1) is 22.3. The zero-order valence-corrected chi connectivity index (χ0v) is 15.1. The third kappa shape index (κ3) is 5.27. The molecule has 0 aliphatic heterocycles. The highest BCUT2D eigenvalue weighted by Gasteiger charge is 2.30. The first-order valence-corrected chi connectivity index (χ1v) is 7.98. The van der Waals surface area contributed by atoms with Gasteiger partial charge in [-0.1, -0.05) is 6.07 Å². The second-order valence-electron chi connectivity index (χ2n) is 5.86. The number of halogens is 3. The summed E-state index contributed by atoms with van der Waals surface area (Å²) in [4.78, 5) is 44.1. The molecule has 1 N–H and O–H groups in total. The van der Waals surface area contributed by atoms with Gasteiger partial charge in [-0.15, -0.1) is 0 Å². The molecular weight excluding hydrogens is 415 g/mol. The molecule has 13 heteroatoms. The van der Waals surface area contributed by atoms with E-state index in [9.17, 15) is 43.0 Å². The number of anilines is 1. The fourth-order valence-corrected chi connectivity index (χ4v) is 2.37. The number of nitro groups is 2. The van der Waals surface area contributed by atoms with Crippen molar-refractivity contribution in [3.63, 3.8) is 0 Å². The Balaban J connectivity index is 2.11. The zero-order chi connectivity index (χ0) is 22.6. The molecule has 30 heavy (non-hydrogen) atoms. The highest BCUT2D eigenvalue weighted by Crippen LogP contribution is 2.31. The van der Waals surface area contributed by atoms with E-state index in [1.54, 1.807) is 0 Å². The molecule has 0 unspecified atom stereocenters. The lowest BCUT2D eigenvalue weighted by atomic mass is 10.1. The van der Waals surface area contributed by atoms with Crippen LogP contribution in [-0.2, 0) is 15.7 Å². The number of benzene rings is 2. The molecule has 0 spiro atoms. The van der Waals surface area contributed by atoms with Gasteiger partial charge >= 0.3 is 12.1 Å². The fraction of sp³-hybridized carbons (Fsp3) is 0.176. The lowest BCUT2D eigenvalue weighted by molar-refractivity contribution is -0.395. The molecule has 0 aromatic heterocycles. The topological polar surface area (TPSA) is 142 Å². The van der Waals surface area contributed by atoms with Gasteiger partial charge in [0.1, 0.15) is 5.56 Å². The summed E-state index contributed by atoms with van der Waals surface area (Å²) in [5.74, 6) is -2.25. The second kappa shape index (κ2) is 8.55. The Bertz CT molecular complexity index is 1000. The molecule has 0 fully saturated rings. The van der Waals surface area contributed by atoms with E-state index in [1.165, 1.54) is 6.07 Å². The van der Waals surface area contributed by atoms with Crippen molar-refractivity contribution < 1.29 is 37.3 Å². The first-order chi connectivity index (χ1) is 13.9. The van der Waals surface area contributed by atoms with E-state index in [0.29, 0.717) is 6.07 Å². The number of ether oxygens (including phenoxy) is 1. The van der Waals surface area contributed by atoms with Gasteiger partial charge in [0.15, 0.2) is 6.61 Å². The number of carbonyl (C=O) groups is 2. The predicted octanol–water partition coefficient (Wildman–Crippen LogP) is 3.63. The normalized spacial score (nSPS) is 10.9. The molecule has 0 heterocycles. The van der Waals surface area contributed by atoms with Gasteiger partial charge in [-0.2, -0.15) is 13.2 Å². The molecule has 0 bridgehead atoms. The SMILES string of the molecule is Cc1c([N+](=O)[O-])cc(C(=O)OCC(=O)Nc2cccc(C(F)(F)F)c2)cc1[N+](=O)[O-]. The molecule has 1 amide bonds. The number of alkyl halides is 3. The summed E-state index contributed by atoms with van der Waals surface area (Å²) < 4.78 is 42.7. The standard InChI is InChI=1S/C17H12F3N3O7/c1-9-13(22(26)27)5-10(6-14(9)23(28)29)16(25)30-8-15(24)21-12-4-2-3-11(7-12)17(18,19)20/h2-7H,8H2,1H3,(H,21,24). The average Bonchev–Trinajstić information content (AvgIpc) is 2.65. The Morgan fingerprint density at radius 3 is 2.13 bits per heavy atom. The van der Waals surface area contributed by atoms with E-state index in [-0.39, 0.29) is 11.3 Å². The third-order valence-electron chi connectivity index (χ3n) is 3.79. The number of nitrogens with zero attached hydrogens (tertiary/aromatic N) is 2. The maximum atomic E-state index is 12.7. The molecule has 10 nitrogen and oxygen atoms in total. The summed E-state index contributed by atoms with van der Waals surface area (Å²) in [6, 6.07) is 5.24. The van der Waals surface area contributed by atoms with Crippen LogP contribution in [0.5, 0.6) is 0 Å². The zero-order valence-electron chi connectivity index (χ0n) is 15.1. The van der Waals surface area contributed by atoms with Crippen molar-refractivity contribution in [3.8, 4) is 0 Å². The quantitative estimate of drug-likeness (QED) is 0.421. The minimum atomic E-state index is -4.62. The van der Waals surface area contributed by atoms with Crippen LogP contribution in [0.2, 0.25) is 0 Å². The third-order valence-corrected chi connectivity index (χ3v) is 3.79. The summed E-state index contributed by atoms with van der Waals surface area (Å²) >= 11 is 0. The largest absolute Gasteiger partial charge is 0.452 e. The minimum Gasteiger partial charge on any atom is -0.452 e. The van der Waals surface area contributed by atoms with Gasteiger partial charge in [-0.25, -0.2) is 4.79 Å². The van der Waals surface area contributed by atoms with E-state index >= 15 is 0 Å². The number of rotatable bonds is 6. The Kier molecular flexibility index (Phi) is 6.34. The Morgan fingerprint density at radius 1 is 1.07 bits per heavy atom. The van der Waals surface area contributed by atoms with E-state index < -0.39 is 57.0 Å². The maximum Gasteiger partial charge on any atom is 0.416 e. The van der Waals surface area contributed by atoms with Crippen molar-refractivity contribution in [2.45, 2.75) is 13.1 Å². The maximum absolute atomic E-state index is 12.7. The summed E-state index contributed by atoms with van der Waals surface area (Å²) in [5.41, 5.74) is -3.40. The molecule has 0 radical (unpaired) electrons. The molecule has 0 atom stereocenters. The summed E-state index contributed by atoms with van der Waals surface area (Å²) in [5, 5.41) is 24.1. The van der Waals surface area contributed by atoms with Gasteiger partial charge < -0.3 is 10.1 Å². The summed E-state index contributed by atoms with van der Waals surface area (Å²) in [6.07, 6.45) is -4.62. The van der Waals surface area contributed by atoms with E-state index in [2.05, 4.69) is 10.1 Å². The van der Waals surface area contributed by atoms with Crippen LogP contribution < -0.4 is 5.32 Å². The fourth-order valence-electron chi connectivity index (χ4n) is 2.37. The van der Waals surface area contributed by atoms with Crippen molar-refractivity contribution in [2.24, 2.45) is 0 Å². The Hall–Kier alpha value is -4.03. The number of hydrogen-bond donors (Lipinski definition) is 1. The number of esters is 1. The smallest absolute Gasteiger partial charge is 0.416 e. The van der Waals surface area contributed by atoms with Crippen LogP contribution in [0.15, 0.2) is 36.4 Å². The molecular formula is C17H12F3N3O7. The van der Waals surface area contributed by atoms with Crippen molar-refractivity contribution in [2.75, 3.05) is 11.9 Å². The van der Waals surface area contributed by atoms with Crippen LogP contribution in [0.25, 0.3) is 0 Å². The molecule has 2 aromatic rings. The lowest BCUT2D eigenvalue weighted by Crippen LogP contribution is -2.21. The van der Waals surface area contributed by atoms with Crippen LogP contribution in [0.1, 0.15) is 21.5 Å². The van der Waals surface area contributed by atoms with E-state index in [4.69, 9.17) is 0 Å². The van der Waals surface area contributed by atoms with Crippen molar-refractivity contribution in [1.29, 1.82) is 0 Å². The number of hydrogen-bond acceptors (Lipinski definition) is 7. The van der Waals surface area contributed by atoms with Crippen LogP contribution in [0.3, 0.4) is 0 Å². The van der Waals surface area contributed by atoms with Gasteiger partial charge in [0.25, 0.3) is 17.3 Å². The second-order valence-corrected chi connectivity index (χ2v) is 5.86. The molecule has 0 saturated heterocycles. The number of carbonyl (C=O) groups excluding carboxylic acids is 2. The van der Waals surface area contributed by atoms with Gasteiger partial charge in [0, 0.05) is 17.8 Å². The van der Waals surface area contributed by atoms with Crippen molar-refractivity contribution in [1.82, 2.24) is 0 Å². The monoisotopic (exact) mass is 427 g/mol. The van der Waals surface area contributed by atoms with Crippen molar-refractivity contribution >= 4 is 28.9 Å². The lowest BCUT2D eigenvalue weighted by Gasteiger charge is -2.10. The van der Waals surface area contributed by atoms with Crippen molar-refractivity contribution in [3.05, 3.63) is 73.3 Å². The predicted molar refractivity (Wildman–Crippen MR) is 94.8 cm³/mol. The van der Waals surface area contributed by atoms with E-state index in [0.717, 1.165) is 31.2 Å². The van der Waals surface area contributed by atoms with Crippen LogP contribution in [0, 0.1) is 27.2 Å². The van der Waals surface area contributed by atoms with Gasteiger partial charge in [0.2, 0.25) is 0 Å². The Labute approximate surface area is 165 Å². The number of amides is 1. The van der Waals surface area contributed by atoms with Crippen LogP contribution in [0.4, 0.5) is 30.2 Å². The molecule has 0 aliphatic carbocycles. The molecule has 2 rings (SSSR count). The average molecular weight is 427 g/mol. The highest BCUT2D eigenvalue weighted by molar-refractivity contribution is 5.96. The number of nitrogens with one attached hydrogen (secondary N) is 1. The molecule has 0 aliphatic rings. The summed E-state index contributed by atoms with van der Waals surface area (Å²) in [7, 11) is 0. The number of nitro benzene ring substituents is 2. The van der Waals surface area contributed by atoms with Crippen LogP contribution in [-0.4, -0.2) is 28.3 Å². The van der Waals surface area contributed by atoms with Gasteiger partial charge in [-0.3, -0.25) is 25.0 Å². The Morgan fingerprint density at radius 2 is 1.63 bits per heavy atom. The molecule has 158 valence electrons. The van der Waals surface area contributed by atoms with E-state index in [1.807, 2.05) is 0 Å².